The van der Waals surface area contributed by atoms with E-state index in [9.17, 15) is 4.79 Å². The summed E-state index contributed by atoms with van der Waals surface area (Å²) in [6, 6.07) is 0.0556. The second kappa shape index (κ2) is 5.69. The highest BCUT2D eigenvalue weighted by atomic mass is 32.1. The Morgan fingerprint density at radius 3 is 2.95 bits per heavy atom. The number of aliphatic hydroxyl groups is 1. The molecule has 6 heteroatoms. The molecule has 1 aliphatic heterocycles. The molecular formula is C14H21N3O2S. The summed E-state index contributed by atoms with van der Waals surface area (Å²) >= 11 is 1.63. The normalized spacial score (nSPS) is 23.9. The van der Waals surface area contributed by atoms with E-state index < -0.39 is 0 Å². The number of urea groups is 1. The van der Waals surface area contributed by atoms with Gasteiger partial charge in [-0.15, -0.1) is 11.3 Å². The van der Waals surface area contributed by atoms with Crippen molar-refractivity contribution in [2.24, 2.45) is 11.8 Å². The van der Waals surface area contributed by atoms with Gasteiger partial charge in [-0.3, -0.25) is 0 Å². The monoisotopic (exact) mass is 295 g/mol. The number of hydrogen-bond donors (Lipinski definition) is 2. The van der Waals surface area contributed by atoms with Gasteiger partial charge >= 0.3 is 6.03 Å². The van der Waals surface area contributed by atoms with E-state index in [1.54, 1.807) is 11.3 Å². The third-order valence-electron chi connectivity index (χ3n) is 4.11. The van der Waals surface area contributed by atoms with Gasteiger partial charge in [-0.2, -0.15) is 0 Å². The van der Waals surface area contributed by atoms with Crippen molar-refractivity contribution in [3.05, 3.63) is 16.1 Å². The Bertz CT molecular complexity index is 487. The average Bonchev–Trinajstić information content (AvgIpc) is 3.00. The fourth-order valence-corrected chi connectivity index (χ4v) is 3.65. The first kappa shape index (κ1) is 13.8. The molecule has 2 heterocycles. The molecule has 2 aliphatic rings. The van der Waals surface area contributed by atoms with E-state index in [1.807, 2.05) is 17.2 Å². The summed E-state index contributed by atoms with van der Waals surface area (Å²) in [6.07, 6.45) is 3.24. The van der Waals surface area contributed by atoms with Crippen LogP contribution in [0.4, 0.5) is 4.79 Å². The van der Waals surface area contributed by atoms with E-state index in [4.69, 9.17) is 5.11 Å². The van der Waals surface area contributed by atoms with Gasteiger partial charge in [0.1, 0.15) is 5.01 Å². The van der Waals surface area contributed by atoms with E-state index in [-0.39, 0.29) is 24.6 Å². The molecule has 5 nitrogen and oxygen atoms in total. The second-order valence-electron chi connectivity index (χ2n) is 5.88. The van der Waals surface area contributed by atoms with Crippen molar-refractivity contribution in [2.75, 3.05) is 19.7 Å². The zero-order chi connectivity index (χ0) is 14.1. The number of aliphatic hydroxyl groups excluding tert-OH is 1. The van der Waals surface area contributed by atoms with Gasteiger partial charge in [-0.25, -0.2) is 9.78 Å². The fraction of sp³-hybridized carbons (Fsp3) is 0.714. The van der Waals surface area contributed by atoms with Crippen LogP contribution in [-0.2, 0) is 0 Å². The Labute approximate surface area is 123 Å². The predicted octanol–water partition coefficient (Wildman–Crippen LogP) is 1.93. The van der Waals surface area contributed by atoms with Crippen LogP contribution < -0.4 is 5.32 Å². The molecule has 1 aliphatic carbocycles. The van der Waals surface area contributed by atoms with Crippen LogP contribution in [0.1, 0.15) is 36.0 Å². The van der Waals surface area contributed by atoms with Crippen molar-refractivity contribution >= 4 is 17.4 Å². The van der Waals surface area contributed by atoms with Crippen molar-refractivity contribution in [1.82, 2.24) is 15.2 Å². The van der Waals surface area contributed by atoms with Crippen LogP contribution in [0, 0.1) is 18.8 Å². The van der Waals surface area contributed by atoms with Crippen molar-refractivity contribution in [1.29, 1.82) is 0 Å². The Morgan fingerprint density at radius 2 is 2.40 bits per heavy atom. The number of likely N-dealkylation sites (tertiary alicyclic amines) is 1. The van der Waals surface area contributed by atoms with Gasteiger partial charge in [0.05, 0.1) is 6.04 Å². The SMILES string of the molecule is Cc1csc(C(NC(=O)N2CCC(CO)C2)C2CC2)n1. The number of aryl methyl sites for hydroxylation is 1. The number of rotatable bonds is 4. The number of amides is 2. The van der Waals surface area contributed by atoms with Crippen LogP contribution in [0.15, 0.2) is 5.38 Å². The molecule has 0 spiro atoms. The van der Waals surface area contributed by atoms with Gasteiger partial charge in [0.2, 0.25) is 0 Å². The summed E-state index contributed by atoms with van der Waals surface area (Å²) in [5.41, 5.74) is 1.02. The largest absolute Gasteiger partial charge is 0.396 e. The molecule has 0 aromatic carbocycles. The molecule has 3 rings (SSSR count). The number of hydrogen-bond acceptors (Lipinski definition) is 4. The quantitative estimate of drug-likeness (QED) is 0.892. The summed E-state index contributed by atoms with van der Waals surface area (Å²) in [5, 5.41) is 15.4. The van der Waals surface area contributed by atoms with Crippen molar-refractivity contribution in [2.45, 2.75) is 32.2 Å². The Kier molecular flexibility index (Phi) is 3.94. The summed E-state index contributed by atoms with van der Waals surface area (Å²) in [4.78, 5) is 18.7. The average molecular weight is 295 g/mol. The summed E-state index contributed by atoms with van der Waals surface area (Å²) in [5.74, 6) is 0.781. The molecule has 1 aromatic rings. The Morgan fingerprint density at radius 1 is 1.60 bits per heavy atom. The van der Waals surface area contributed by atoms with Gasteiger partial charge in [-0.1, -0.05) is 0 Å². The molecule has 0 bridgehead atoms. The maximum Gasteiger partial charge on any atom is 0.317 e. The van der Waals surface area contributed by atoms with E-state index >= 15 is 0 Å². The first-order valence-electron chi connectivity index (χ1n) is 7.25. The number of carbonyl (C=O) groups is 1. The third kappa shape index (κ3) is 2.96. The molecule has 2 fully saturated rings. The van der Waals surface area contributed by atoms with Crippen LogP contribution >= 0.6 is 11.3 Å². The number of nitrogens with one attached hydrogen (secondary N) is 1. The molecule has 2 amide bonds. The zero-order valence-electron chi connectivity index (χ0n) is 11.7. The van der Waals surface area contributed by atoms with Crippen molar-refractivity contribution in [3.63, 3.8) is 0 Å². The molecule has 0 radical (unpaired) electrons. The maximum absolute atomic E-state index is 12.3. The Balaban J connectivity index is 1.63. The zero-order valence-corrected chi connectivity index (χ0v) is 12.5. The fourth-order valence-electron chi connectivity index (χ4n) is 2.72. The highest BCUT2D eigenvalue weighted by Gasteiger charge is 2.37. The molecule has 110 valence electrons. The van der Waals surface area contributed by atoms with Gasteiger partial charge in [-0.05, 0) is 32.1 Å². The first-order chi connectivity index (χ1) is 9.67. The van der Waals surface area contributed by atoms with Crippen LogP contribution in [0.3, 0.4) is 0 Å². The molecule has 1 saturated heterocycles. The lowest BCUT2D eigenvalue weighted by Gasteiger charge is -2.22. The highest BCUT2D eigenvalue weighted by molar-refractivity contribution is 7.09. The number of thiazole rings is 1. The lowest BCUT2D eigenvalue weighted by molar-refractivity contribution is 0.193. The molecule has 1 aromatic heterocycles. The maximum atomic E-state index is 12.3. The summed E-state index contributed by atoms with van der Waals surface area (Å²) < 4.78 is 0. The summed E-state index contributed by atoms with van der Waals surface area (Å²) in [7, 11) is 0. The van der Waals surface area contributed by atoms with Crippen molar-refractivity contribution in [3.8, 4) is 0 Å². The summed E-state index contributed by atoms with van der Waals surface area (Å²) in [6.45, 7) is 3.56. The lowest BCUT2D eigenvalue weighted by Crippen LogP contribution is -2.41. The number of carbonyl (C=O) groups excluding carboxylic acids is 1. The molecule has 2 unspecified atom stereocenters. The van der Waals surface area contributed by atoms with Crippen LogP contribution in [0.5, 0.6) is 0 Å². The number of aromatic nitrogens is 1. The Hall–Kier alpha value is -1.14. The van der Waals surface area contributed by atoms with E-state index in [2.05, 4.69) is 10.3 Å². The first-order valence-corrected chi connectivity index (χ1v) is 8.13. The van der Waals surface area contributed by atoms with Crippen molar-refractivity contribution < 1.29 is 9.90 Å². The molecule has 20 heavy (non-hydrogen) atoms. The smallest absolute Gasteiger partial charge is 0.317 e. The predicted molar refractivity (Wildman–Crippen MR) is 77.6 cm³/mol. The molecular weight excluding hydrogens is 274 g/mol. The second-order valence-corrected chi connectivity index (χ2v) is 6.76. The van der Waals surface area contributed by atoms with Gasteiger partial charge in [0.15, 0.2) is 0 Å². The van der Waals surface area contributed by atoms with Gasteiger partial charge in [0.25, 0.3) is 0 Å². The van der Waals surface area contributed by atoms with Crippen LogP contribution in [0.2, 0.25) is 0 Å². The lowest BCUT2D eigenvalue weighted by atomic mass is 10.1. The van der Waals surface area contributed by atoms with Crippen LogP contribution in [-0.4, -0.2) is 40.7 Å². The minimum Gasteiger partial charge on any atom is -0.396 e. The third-order valence-corrected chi connectivity index (χ3v) is 5.15. The molecule has 2 atom stereocenters. The van der Waals surface area contributed by atoms with E-state index in [0.717, 1.165) is 23.7 Å². The van der Waals surface area contributed by atoms with Crippen LogP contribution in [0.25, 0.3) is 0 Å². The van der Waals surface area contributed by atoms with Gasteiger partial charge in [0, 0.05) is 36.7 Å². The van der Waals surface area contributed by atoms with Gasteiger partial charge < -0.3 is 15.3 Å². The topological polar surface area (TPSA) is 65.5 Å². The van der Waals surface area contributed by atoms with E-state index in [0.29, 0.717) is 12.5 Å². The standard InChI is InChI=1S/C14H21N3O2S/c1-9-8-20-13(15-9)12(11-2-3-11)16-14(19)17-5-4-10(6-17)7-18/h8,10-12,18H,2-7H2,1H3,(H,16,19). The minimum absolute atomic E-state index is 0.00861. The molecule has 2 N–H and O–H groups in total. The highest BCUT2D eigenvalue weighted by Crippen LogP contribution is 2.42. The molecule has 1 saturated carbocycles. The van der Waals surface area contributed by atoms with E-state index in [1.165, 1.54) is 12.8 Å². The number of nitrogens with zero attached hydrogens (tertiary/aromatic N) is 2. The minimum atomic E-state index is -0.00861.